The van der Waals surface area contributed by atoms with Gasteiger partial charge in [-0.05, 0) is 13.3 Å². The van der Waals surface area contributed by atoms with Crippen molar-refractivity contribution >= 4 is 17.7 Å². The van der Waals surface area contributed by atoms with Crippen LogP contribution in [-0.2, 0) is 9.53 Å². The summed E-state index contributed by atoms with van der Waals surface area (Å²) in [6.45, 7) is 4.81. The number of ether oxygens (including phenoxy) is 2. The first-order chi connectivity index (χ1) is 8.26. The Labute approximate surface area is 105 Å². The second-order valence-electron chi connectivity index (χ2n) is 3.12. The molecule has 0 saturated carbocycles. The van der Waals surface area contributed by atoms with Crippen LogP contribution in [0.3, 0.4) is 0 Å². The molecular formula is C11H16N2O3S. The number of thioether (sulfide) groups is 1. The van der Waals surface area contributed by atoms with E-state index < -0.39 is 0 Å². The standard InChI is InChI=1S/C11H16N2O3S/c1-3-7-16-9-5-6-12-11(13-9)17-8-10(14)15-4-2/h5-6H,3-4,7-8H2,1-2H3. The van der Waals surface area contributed by atoms with Crippen LogP contribution >= 0.6 is 11.8 Å². The van der Waals surface area contributed by atoms with E-state index in [1.165, 1.54) is 11.8 Å². The summed E-state index contributed by atoms with van der Waals surface area (Å²) >= 11 is 1.24. The summed E-state index contributed by atoms with van der Waals surface area (Å²) in [4.78, 5) is 19.4. The summed E-state index contributed by atoms with van der Waals surface area (Å²) in [5.41, 5.74) is 0. The van der Waals surface area contributed by atoms with Crippen molar-refractivity contribution < 1.29 is 14.3 Å². The smallest absolute Gasteiger partial charge is 0.316 e. The number of hydrogen-bond donors (Lipinski definition) is 0. The van der Waals surface area contributed by atoms with Gasteiger partial charge in [0.2, 0.25) is 5.88 Å². The lowest BCUT2D eigenvalue weighted by molar-refractivity contribution is -0.139. The van der Waals surface area contributed by atoms with E-state index in [0.29, 0.717) is 24.3 Å². The van der Waals surface area contributed by atoms with Gasteiger partial charge in [0.1, 0.15) is 0 Å². The minimum Gasteiger partial charge on any atom is -0.478 e. The van der Waals surface area contributed by atoms with E-state index >= 15 is 0 Å². The molecule has 0 atom stereocenters. The average molecular weight is 256 g/mol. The maximum atomic E-state index is 11.1. The van der Waals surface area contributed by atoms with Crippen molar-refractivity contribution in [3.05, 3.63) is 12.3 Å². The Morgan fingerprint density at radius 1 is 1.47 bits per heavy atom. The van der Waals surface area contributed by atoms with Crippen LogP contribution in [0, 0.1) is 0 Å². The van der Waals surface area contributed by atoms with Crippen LogP contribution in [0.1, 0.15) is 20.3 Å². The third-order valence-corrected chi connectivity index (χ3v) is 2.52. The predicted molar refractivity (Wildman–Crippen MR) is 65.2 cm³/mol. The molecule has 0 saturated heterocycles. The van der Waals surface area contributed by atoms with Gasteiger partial charge in [-0.1, -0.05) is 18.7 Å². The molecule has 0 aliphatic rings. The molecule has 17 heavy (non-hydrogen) atoms. The van der Waals surface area contributed by atoms with Gasteiger partial charge < -0.3 is 9.47 Å². The number of rotatable bonds is 7. The van der Waals surface area contributed by atoms with E-state index in [2.05, 4.69) is 9.97 Å². The maximum absolute atomic E-state index is 11.1. The second kappa shape index (κ2) is 7.89. The first-order valence-electron chi connectivity index (χ1n) is 5.50. The number of hydrogen-bond acceptors (Lipinski definition) is 6. The SMILES string of the molecule is CCCOc1ccnc(SCC(=O)OCC)n1. The molecule has 0 aromatic carbocycles. The Morgan fingerprint density at radius 2 is 2.29 bits per heavy atom. The van der Waals surface area contributed by atoms with Crippen LogP contribution in [-0.4, -0.2) is 34.9 Å². The highest BCUT2D eigenvalue weighted by molar-refractivity contribution is 7.99. The van der Waals surface area contributed by atoms with Crippen LogP contribution in [0.4, 0.5) is 0 Å². The van der Waals surface area contributed by atoms with Crippen LogP contribution in [0.2, 0.25) is 0 Å². The molecule has 0 aliphatic carbocycles. The Bertz CT molecular complexity index is 360. The lowest BCUT2D eigenvalue weighted by atomic mass is 10.5. The third-order valence-electron chi connectivity index (χ3n) is 1.69. The van der Waals surface area contributed by atoms with Gasteiger partial charge in [0.05, 0.1) is 19.0 Å². The Balaban J connectivity index is 2.45. The molecule has 0 unspecified atom stereocenters. The maximum Gasteiger partial charge on any atom is 0.316 e. The zero-order chi connectivity index (χ0) is 12.5. The van der Waals surface area contributed by atoms with Crippen LogP contribution in [0.5, 0.6) is 5.88 Å². The Hall–Kier alpha value is -1.30. The summed E-state index contributed by atoms with van der Waals surface area (Å²) in [6.07, 6.45) is 2.54. The van der Waals surface area contributed by atoms with E-state index in [1.54, 1.807) is 19.2 Å². The molecule has 1 heterocycles. The van der Waals surface area contributed by atoms with Gasteiger partial charge in [-0.15, -0.1) is 0 Å². The van der Waals surface area contributed by atoms with E-state index in [4.69, 9.17) is 9.47 Å². The minimum atomic E-state index is -0.263. The summed E-state index contributed by atoms with van der Waals surface area (Å²) in [5, 5.41) is 0.520. The van der Waals surface area contributed by atoms with Crippen molar-refractivity contribution in [1.82, 2.24) is 9.97 Å². The van der Waals surface area contributed by atoms with Crippen molar-refractivity contribution in [2.45, 2.75) is 25.4 Å². The second-order valence-corrected chi connectivity index (χ2v) is 4.06. The third kappa shape index (κ3) is 5.53. The number of esters is 1. The molecule has 1 aromatic rings. The van der Waals surface area contributed by atoms with Crippen molar-refractivity contribution in [2.24, 2.45) is 0 Å². The Kier molecular flexibility index (Phi) is 6.39. The molecule has 0 bridgehead atoms. The zero-order valence-electron chi connectivity index (χ0n) is 10.0. The van der Waals surface area contributed by atoms with Gasteiger partial charge in [0.15, 0.2) is 5.16 Å². The van der Waals surface area contributed by atoms with E-state index in [-0.39, 0.29) is 11.7 Å². The molecule has 1 aromatic heterocycles. The largest absolute Gasteiger partial charge is 0.478 e. The quantitative estimate of drug-likeness (QED) is 0.422. The fourth-order valence-electron chi connectivity index (χ4n) is 1.01. The van der Waals surface area contributed by atoms with Gasteiger partial charge in [-0.25, -0.2) is 4.98 Å². The summed E-state index contributed by atoms with van der Waals surface area (Å²) < 4.78 is 10.2. The molecule has 0 amide bonds. The molecule has 0 N–H and O–H groups in total. The molecular weight excluding hydrogens is 240 g/mol. The van der Waals surface area contributed by atoms with Gasteiger partial charge in [0, 0.05) is 12.3 Å². The normalized spacial score (nSPS) is 10.0. The van der Waals surface area contributed by atoms with Gasteiger partial charge in [0.25, 0.3) is 0 Å². The summed E-state index contributed by atoms with van der Waals surface area (Å²) in [5.74, 6) is 0.486. The first kappa shape index (κ1) is 13.8. The van der Waals surface area contributed by atoms with Gasteiger partial charge in [-0.2, -0.15) is 4.98 Å². The number of carbonyl (C=O) groups excluding carboxylic acids is 1. The molecule has 1 rings (SSSR count). The van der Waals surface area contributed by atoms with Crippen LogP contribution < -0.4 is 4.74 Å². The number of nitrogens with zero attached hydrogens (tertiary/aromatic N) is 2. The number of carbonyl (C=O) groups is 1. The topological polar surface area (TPSA) is 61.3 Å². The van der Waals surface area contributed by atoms with Crippen molar-refractivity contribution in [1.29, 1.82) is 0 Å². The van der Waals surface area contributed by atoms with Crippen molar-refractivity contribution in [2.75, 3.05) is 19.0 Å². The van der Waals surface area contributed by atoms with Crippen LogP contribution in [0.25, 0.3) is 0 Å². The molecule has 94 valence electrons. The molecule has 0 fully saturated rings. The monoisotopic (exact) mass is 256 g/mol. The Morgan fingerprint density at radius 3 is 3.00 bits per heavy atom. The fourth-order valence-corrected chi connectivity index (χ4v) is 1.63. The van der Waals surface area contributed by atoms with E-state index in [9.17, 15) is 4.79 Å². The minimum absolute atomic E-state index is 0.213. The predicted octanol–water partition coefficient (Wildman–Crippen LogP) is 1.92. The molecule has 0 radical (unpaired) electrons. The lowest BCUT2D eigenvalue weighted by Crippen LogP contribution is -2.07. The zero-order valence-corrected chi connectivity index (χ0v) is 10.8. The van der Waals surface area contributed by atoms with Crippen molar-refractivity contribution in [3.63, 3.8) is 0 Å². The highest BCUT2D eigenvalue weighted by atomic mass is 32.2. The highest BCUT2D eigenvalue weighted by Crippen LogP contribution is 2.15. The summed E-state index contributed by atoms with van der Waals surface area (Å²) in [6, 6.07) is 1.70. The number of aromatic nitrogens is 2. The van der Waals surface area contributed by atoms with E-state index in [1.807, 2.05) is 6.92 Å². The fraction of sp³-hybridized carbons (Fsp3) is 0.545. The van der Waals surface area contributed by atoms with E-state index in [0.717, 1.165) is 6.42 Å². The molecule has 5 nitrogen and oxygen atoms in total. The average Bonchev–Trinajstić information content (AvgIpc) is 2.35. The lowest BCUT2D eigenvalue weighted by Gasteiger charge is -2.04. The molecule has 0 spiro atoms. The van der Waals surface area contributed by atoms with Crippen molar-refractivity contribution in [3.8, 4) is 5.88 Å². The molecule has 0 aliphatic heterocycles. The highest BCUT2D eigenvalue weighted by Gasteiger charge is 2.06. The molecule has 6 heteroatoms. The van der Waals surface area contributed by atoms with Gasteiger partial charge in [-0.3, -0.25) is 4.79 Å². The first-order valence-corrected chi connectivity index (χ1v) is 6.49. The summed E-state index contributed by atoms with van der Waals surface area (Å²) in [7, 11) is 0. The van der Waals surface area contributed by atoms with Crippen LogP contribution in [0.15, 0.2) is 17.4 Å². The van der Waals surface area contributed by atoms with Gasteiger partial charge >= 0.3 is 5.97 Å².